The molecule has 0 bridgehead atoms. The summed E-state index contributed by atoms with van der Waals surface area (Å²) in [7, 11) is 3.50. The van der Waals surface area contributed by atoms with E-state index in [0.29, 0.717) is 19.3 Å². The van der Waals surface area contributed by atoms with Crippen LogP contribution in [0.1, 0.15) is 35.1 Å². The predicted octanol–water partition coefficient (Wildman–Crippen LogP) is 4.22. The van der Waals surface area contributed by atoms with Crippen LogP contribution in [-0.2, 0) is 29.0 Å². The second-order valence-corrected chi connectivity index (χ2v) is 7.85. The second kappa shape index (κ2) is 14.3. The molecule has 1 saturated heterocycles. The zero-order valence-corrected chi connectivity index (χ0v) is 21.7. The summed E-state index contributed by atoms with van der Waals surface area (Å²) in [6.45, 7) is 5.81. The van der Waals surface area contributed by atoms with Crippen LogP contribution in [-0.4, -0.2) is 46.0 Å². The van der Waals surface area contributed by atoms with Crippen LogP contribution in [0, 0.1) is 6.92 Å². The molecule has 0 unspecified atom stereocenters. The van der Waals surface area contributed by atoms with Crippen molar-refractivity contribution < 1.29 is 14.2 Å². The van der Waals surface area contributed by atoms with Crippen molar-refractivity contribution in [2.75, 3.05) is 33.9 Å². The molecule has 6 nitrogen and oxygen atoms in total. The quantitative estimate of drug-likeness (QED) is 0.277. The van der Waals surface area contributed by atoms with Gasteiger partial charge in [0.2, 0.25) is 0 Å². The van der Waals surface area contributed by atoms with Crippen LogP contribution in [0.15, 0.2) is 47.5 Å². The maximum Gasteiger partial charge on any atom is 0.191 e. The molecule has 0 amide bonds. The number of benzene rings is 2. The number of guanidine groups is 1. The predicted molar refractivity (Wildman–Crippen MR) is 140 cm³/mol. The molecule has 1 aliphatic heterocycles. The number of ether oxygens (including phenoxy) is 3. The van der Waals surface area contributed by atoms with Crippen LogP contribution < -0.4 is 15.4 Å². The summed E-state index contributed by atoms with van der Waals surface area (Å²) in [5.41, 5.74) is 4.79. The fourth-order valence-electron chi connectivity index (χ4n) is 3.64. The molecular formula is C25H36IN3O3. The van der Waals surface area contributed by atoms with Gasteiger partial charge in [-0.15, -0.1) is 24.0 Å². The molecule has 176 valence electrons. The molecule has 0 aliphatic carbocycles. The highest BCUT2D eigenvalue weighted by Crippen LogP contribution is 2.19. The number of aliphatic imine (C=N–C) groups is 1. The lowest BCUT2D eigenvalue weighted by molar-refractivity contribution is -0.0390. The van der Waals surface area contributed by atoms with Crippen LogP contribution in [0.25, 0.3) is 0 Å². The molecule has 32 heavy (non-hydrogen) atoms. The Hall–Kier alpha value is -1.84. The summed E-state index contributed by atoms with van der Waals surface area (Å²) in [5.74, 6) is 1.73. The molecule has 7 heteroatoms. The Kier molecular flexibility index (Phi) is 11.8. The molecule has 2 aromatic rings. The Labute approximate surface area is 209 Å². The molecular weight excluding hydrogens is 517 g/mol. The zero-order chi connectivity index (χ0) is 21.9. The van der Waals surface area contributed by atoms with Crippen molar-refractivity contribution in [2.45, 2.75) is 45.4 Å². The van der Waals surface area contributed by atoms with E-state index in [4.69, 9.17) is 14.2 Å². The van der Waals surface area contributed by atoms with Gasteiger partial charge in [0, 0.05) is 33.4 Å². The minimum Gasteiger partial charge on any atom is -0.496 e. The van der Waals surface area contributed by atoms with Gasteiger partial charge >= 0.3 is 0 Å². The summed E-state index contributed by atoms with van der Waals surface area (Å²) in [6.07, 6.45) is 3.18. The van der Waals surface area contributed by atoms with E-state index in [9.17, 15) is 0 Å². The lowest BCUT2D eigenvalue weighted by atomic mass is 10.1. The van der Waals surface area contributed by atoms with Gasteiger partial charge in [-0.25, -0.2) is 0 Å². The van der Waals surface area contributed by atoms with Crippen molar-refractivity contribution in [1.82, 2.24) is 10.6 Å². The number of nitrogens with zero attached hydrogens (tertiary/aromatic N) is 1. The van der Waals surface area contributed by atoms with Crippen LogP contribution in [0.5, 0.6) is 5.75 Å². The van der Waals surface area contributed by atoms with Crippen molar-refractivity contribution in [3.63, 3.8) is 0 Å². The van der Waals surface area contributed by atoms with Crippen LogP contribution in [0.3, 0.4) is 0 Å². The minimum atomic E-state index is 0. The highest BCUT2D eigenvalue weighted by molar-refractivity contribution is 14.0. The van der Waals surface area contributed by atoms with Gasteiger partial charge in [-0.3, -0.25) is 4.99 Å². The van der Waals surface area contributed by atoms with E-state index in [1.54, 1.807) is 14.2 Å². The Morgan fingerprint density at radius 2 is 1.84 bits per heavy atom. The van der Waals surface area contributed by atoms with E-state index in [1.165, 1.54) is 16.7 Å². The normalized spacial score (nSPS) is 14.5. The first kappa shape index (κ1) is 26.4. The molecule has 1 heterocycles. The minimum absolute atomic E-state index is 0. The molecule has 2 aromatic carbocycles. The molecule has 0 saturated carbocycles. The van der Waals surface area contributed by atoms with Crippen molar-refractivity contribution in [3.8, 4) is 5.75 Å². The maximum absolute atomic E-state index is 6.04. The molecule has 0 atom stereocenters. The molecule has 0 radical (unpaired) electrons. The third-order valence-electron chi connectivity index (χ3n) is 5.51. The van der Waals surface area contributed by atoms with E-state index in [1.807, 2.05) is 0 Å². The molecule has 3 rings (SSSR count). The first-order valence-corrected chi connectivity index (χ1v) is 11.0. The van der Waals surface area contributed by atoms with Gasteiger partial charge in [-0.2, -0.15) is 0 Å². The van der Waals surface area contributed by atoms with Crippen molar-refractivity contribution in [3.05, 3.63) is 64.7 Å². The molecule has 1 fully saturated rings. The Morgan fingerprint density at radius 3 is 2.59 bits per heavy atom. The molecule has 0 aromatic heterocycles. The summed E-state index contributed by atoms with van der Waals surface area (Å²) < 4.78 is 16.8. The third kappa shape index (κ3) is 8.60. The smallest absolute Gasteiger partial charge is 0.191 e. The first-order chi connectivity index (χ1) is 15.2. The van der Waals surface area contributed by atoms with Crippen molar-refractivity contribution >= 4 is 29.9 Å². The number of hydrogen-bond acceptors (Lipinski definition) is 4. The van der Waals surface area contributed by atoms with Crippen LogP contribution in [0.4, 0.5) is 0 Å². The van der Waals surface area contributed by atoms with E-state index in [0.717, 1.165) is 56.3 Å². The highest BCUT2D eigenvalue weighted by Gasteiger charge is 2.14. The van der Waals surface area contributed by atoms with Gasteiger partial charge in [-0.05, 0) is 54.5 Å². The number of methoxy groups -OCH3 is 1. The average Bonchev–Trinajstić information content (AvgIpc) is 2.82. The van der Waals surface area contributed by atoms with E-state index >= 15 is 0 Å². The fourth-order valence-corrected chi connectivity index (χ4v) is 3.64. The number of halogens is 1. The SMILES string of the molecule is CN=C(NCCc1ccc(C)c(OC)c1)NCc1cccc(COC2CCOCC2)c1.I. The topological polar surface area (TPSA) is 64.1 Å². The van der Waals surface area contributed by atoms with Crippen molar-refractivity contribution in [1.29, 1.82) is 0 Å². The van der Waals surface area contributed by atoms with Gasteiger partial charge in [0.1, 0.15) is 5.75 Å². The number of hydrogen-bond donors (Lipinski definition) is 2. The molecule has 2 N–H and O–H groups in total. The third-order valence-corrected chi connectivity index (χ3v) is 5.51. The van der Waals surface area contributed by atoms with E-state index in [2.05, 4.69) is 65.0 Å². The average molecular weight is 553 g/mol. The standard InChI is InChI=1S/C25H35N3O3.HI/c1-19-7-8-20(16-24(19)29-3)9-12-27-25(26-2)28-17-21-5-4-6-22(15-21)18-31-23-10-13-30-14-11-23;/h4-8,15-16,23H,9-14,17-18H2,1-3H3,(H2,26,27,28);1H. The van der Waals surface area contributed by atoms with Gasteiger partial charge in [0.15, 0.2) is 5.96 Å². The number of aryl methyl sites for hydroxylation is 1. The second-order valence-electron chi connectivity index (χ2n) is 7.85. The van der Waals surface area contributed by atoms with Gasteiger partial charge in [0.25, 0.3) is 0 Å². The van der Waals surface area contributed by atoms with Crippen molar-refractivity contribution in [2.24, 2.45) is 4.99 Å². The Bertz CT molecular complexity index is 854. The van der Waals surface area contributed by atoms with Gasteiger partial charge in [-0.1, -0.05) is 36.4 Å². The molecule has 1 aliphatic rings. The van der Waals surface area contributed by atoms with Crippen LogP contribution >= 0.6 is 24.0 Å². The maximum atomic E-state index is 6.04. The Morgan fingerprint density at radius 1 is 1.06 bits per heavy atom. The monoisotopic (exact) mass is 553 g/mol. The first-order valence-electron chi connectivity index (χ1n) is 11.0. The zero-order valence-electron chi connectivity index (χ0n) is 19.4. The summed E-state index contributed by atoms with van der Waals surface area (Å²) in [6, 6.07) is 14.9. The number of nitrogens with one attached hydrogen (secondary N) is 2. The lowest BCUT2D eigenvalue weighted by Crippen LogP contribution is -2.37. The number of rotatable bonds is 9. The lowest BCUT2D eigenvalue weighted by Gasteiger charge is -2.22. The largest absolute Gasteiger partial charge is 0.496 e. The van der Waals surface area contributed by atoms with Crippen LogP contribution in [0.2, 0.25) is 0 Å². The van der Waals surface area contributed by atoms with Gasteiger partial charge < -0.3 is 24.8 Å². The van der Waals surface area contributed by atoms with E-state index < -0.39 is 0 Å². The highest BCUT2D eigenvalue weighted by atomic mass is 127. The fraction of sp³-hybridized carbons (Fsp3) is 0.480. The van der Waals surface area contributed by atoms with Gasteiger partial charge in [0.05, 0.1) is 19.8 Å². The summed E-state index contributed by atoms with van der Waals surface area (Å²) in [4.78, 5) is 4.34. The molecule has 0 spiro atoms. The Balaban J connectivity index is 0.00000363. The van der Waals surface area contributed by atoms with E-state index in [-0.39, 0.29) is 24.0 Å². The summed E-state index contributed by atoms with van der Waals surface area (Å²) in [5, 5.41) is 6.78. The summed E-state index contributed by atoms with van der Waals surface area (Å²) >= 11 is 0.